The Hall–Kier alpha value is -2.77. The Balaban J connectivity index is 1.87. The van der Waals surface area contributed by atoms with Crippen LogP contribution in [-0.4, -0.2) is 49.7 Å². The van der Waals surface area contributed by atoms with Gasteiger partial charge < -0.3 is 26.0 Å². The summed E-state index contributed by atoms with van der Waals surface area (Å²) in [6, 6.07) is 7.82. The number of para-hydroxylation sites is 1. The molecule has 0 saturated carbocycles. The molecule has 1 unspecified atom stereocenters. The van der Waals surface area contributed by atoms with E-state index in [0.29, 0.717) is 38.6 Å². The van der Waals surface area contributed by atoms with Crippen LogP contribution in [0.5, 0.6) is 0 Å². The molecule has 0 saturated heterocycles. The fourth-order valence-electron chi connectivity index (χ4n) is 2.87. The summed E-state index contributed by atoms with van der Waals surface area (Å²) in [6.45, 7) is 9.59. The van der Waals surface area contributed by atoms with Crippen LogP contribution in [0.15, 0.2) is 29.3 Å². The van der Waals surface area contributed by atoms with E-state index in [9.17, 15) is 9.59 Å². The summed E-state index contributed by atoms with van der Waals surface area (Å²) < 4.78 is 5.20. The second-order valence-corrected chi connectivity index (χ2v) is 7.61. The molecule has 0 radical (unpaired) electrons. The maximum atomic E-state index is 11.9. The highest BCUT2D eigenvalue weighted by molar-refractivity contribution is 5.94. The molecule has 0 bridgehead atoms. The number of guanidine groups is 1. The first-order valence-electron chi connectivity index (χ1n) is 9.66. The van der Waals surface area contributed by atoms with Crippen molar-refractivity contribution in [2.45, 2.75) is 45.6 Å². The predicted molar refractivity (Wildman–Crippen MR) is 111 cm³/mol. The van der Waals surface area contributed by atoms with Gasteiger partial charge >= 0.3 is 6.09 Å². The molecule has 8 nitrogen and oxygen atoms in total. The number of carbonyl (C=O) groups excluding carboxylic acids is 2. The van der Waals surface area contributed by atoms with Crippen molar-refractivity contribution in [2.75, 3.05) is 31.5 Å². The third-order valence-corrected chi connectivity index (χ3v) is 4.01. The van der Waals surface area contributed by atoms with Gasteiger partial charge in [-0.2, -0.15) is 0 Å². The largest absolute Gasteiger partial charge is 0.444 e. The van der Waals surface area contributed by atoms with E-state index in [1.54, 1.807) is 0 Å². The van der Waals surface area contributed by atoms with Crippen LogP contribution >= 0.6 is 0 Å². The van der Waals surface area contributed by atoms with Gasteiger partial charge in [-0.3, -0.25) is 9.79 Å². The van der Waals surface area contributed by atoms with E-state index in [1.165, 1.54) is 0 Å². The first-order valence-corrected chi connectivity index (χ1v) is 9.66. The summed E-state index contributed by atoms with van der Waals surface area (Å²) in [5.74, 6) is 0.704. The van der Waals surface area contributed by atoms with Crippen LogP contribution in [0.2, 0.25) is 0 Å². The number of amides is 2. The molecule has 2 amide bonds. The van der Waals surface area contributed by atoms with Gasteiger partial charge in [-0.1, -0.05) is 18.2 Å². The lowest BCUT2D eigenvalue weighted by molar-refractivity contribution is -0.116. The van der Waals surface area contributed by atoms with E-state index in [1.807, 2.05) is 52.0 Å². The number of alkyl carbamates (subject to hydrolysis) is 1. The smallest absolute Gasteiger partial charge is 0.407 e. The van der Waals surface area contributed by atoms with Crippen molar-refractivity contribution < 1.29 is 14.3 Å². The minimum absolute atomic E-state index is 0.0124. The predicted octanol–water partition coefficient (Wildman–Crippen LogP) is 2.19. The number of carbonyl (C=O) groups is 2. The van der Waals surface area contributed by atoms with Crippen LogP contribution in [0.3, 0.4) is 0 Å². The highest BCUT2D eigenvalue weighted by atomic mass is 16.6. The van der Waals surface area contributed by atoms with E-state index in [4.69, 9.17) is 4.74 Å². The molecule has 4 N–H and O–H groups in total. The van der Waals surface area contributed by atoms with E-state index in [2.05, 4.69) is 26.3 Å². The molecule has 0 aliphatic carbocycles. The van der Waals surface area contributed by atoms with Crippen LogP contribution < -0.4 is 21.3 Å². The number of nitrogens with zero attached hydrogens (tertiary/aromatic N) is 1. The number of nitrogens with one attached hydrogen (secondary N) is 4. The van der Waals surface area contributed by atoms with Crippen molar-refractivity contribution in [3.63, 3.8) is 0 Å². The SMILES string of the molecule is CCNC(=NCC1CC(=O)Nc2ccccc21)NCCNC(=O)OC(C)(C)C. The van der Waals surface area contributed by atoms with Crippen LogP contribution in [0, 0.1) is 0 Å². The van der Waals surface area contributed by atoms with Gasteiger partial charge in [0.05, 0.1) is 6.54 Å². The minimum Gasteiger partial charge on any atom is -0.444 e. The second-order valence-electron chi connectivity index (χ2n) is 7.61. The van der Waals surface area contributed by atoms with Crippen LogP contribution in [0.25, 0.3) is 0 Å². The molecular formula is C20H31N5O3. The Morgan fingerprint density at radius 2 is 1.93 bits per heavy atom. The van der Waals surface area contributed by atoms with Gasteiger partial charge in [-0.15, -0.1) is 0 Å². The number of ether oxygens (including phenoxy) is 1. The summed E-state index contributed by atoms with van der Waals surface area (Å²) in [5.41, 5.74) is 1.45. The molecule has 1 aromatic carbocycles. The Kier molecular flexibility index (Phi) is 7.66. The molecule has 0 fully saturated rings. The molecule has 1 aliphatic heterocycles. The monoisotopic (exact) mass is 389 g/mol. The molecule has 1 atom stereocenters. The number of hydrogen-bond acceptors (Lipinski definition) is 4. The minimum atomic E-state index is -0.517. The molecule has 1 aliphatic rings. The summed E-state index contributed by atoms with van der Waals surface area (Å²) >= 11 is 0. The third-order valence-electron chi connectivity index (χ3n) is 4.01. The van der Waals surface area contributed by atoms with Gasteiger partial charge in [0.2, 0.25) is 5.91 Å². The Morgan fingerprint density at radius 3 is 2.64 bits per heavy atom. The lowest BCUT2D eigenvalue weighted by Crippen LogP contribution is -2.42. The average molecular weight is 390 g/mol. The third kappa shape index (κ3) is 7.09. The quantitative estimate of drug-likeness (QED) is 0.339. The molecule has 0 aromatic heterocycles. The van der Waals surface area contributed by atoms with Gasteiger partial charge in [0, 0.05) is 37.7 Å². The number of hydrogen-bond donors (Lipinski definition) is 4. The van der Waals surface area contributed by atoms with Crippen molar-refractivity contribution in [2.24, 2.45) is 4.99 Å². The van der Waals surface area contributed by atoms with Gasteiger partial charge in [-0.05, 0) is 39.3 Å². The lowest BCUT2D eigenvalue weighted by Gasteiger charge is -2.24. The standard InChI is InChI=1S/C20H31N5O3/c1-5-21-18(22-10-11-23-19(27)28-20(2,3)4)24-13-14-12-17(26)25-16-9-7-6-8-15(14)16/h6-9,14H,5,10-13H2,1-4H3,(H,23,27)(H,25,26)(H2,21,22,24). The molecule has 154 valence electrons. The highest BCUT2D eigenvalue weighted by Gasteiger charge is 2.24. The Morgan fingerprint density at radius 1 is 1.21 bits per heavy atom. The highest BCUT2D eigenvalue weighted by Crippen LogP contribution is 2.31. The normalized spacial score (nSPS) is 16.6. The fourth-order valence-corrected chi connectivity index (χ4v) is 2.87. The summed E-state index contributed by atoms with van der Waals surface area (Å²) in [7, 11) is 0. The molecule has 28 heavy (non-hydrogen) atoms. The van der Waals surface area contributed by atoms with Crippen molar-refractivity contribution in [3.05, 3.63) is 29.8 Å². The first kappa shape index (κ1) is 21.5. The topological polar surface area (TPSA) is 104 Å². The Bertz CT molecular complexity index is 712. The van der Waals surface area contributed by atoms with Gasteiger partial charge in [0.1, 0.15) is 5.60 Å². The zero-order chi connectivity index (χ0) is 20.6. The van der Waals surface area contributed by atoms with Crippen molar-refractivity contribution in [3.8, 4) is 0 Å². The van der Waals surface area contributed by atoms with E-state index in [-0.39, 0.29) is 11.8 Å². The number of rotatable bonds is 6. The maximum Gasteiger partial charge on any atom is 0.407 e. The van der Waals surface area contributed by atoms with Crippen LogP contribution in [0.1, 0.15) is 45.6 Å². The van der Waals surface area contributed by atoms with Crippen molar-refractivity contribution in [1.29, 1.82) is 0 Å². The molecule has 1 aromatic rings. The number of anilines is 1. The molecule has 2 rings (SSSR count). The van der Waals surface area contributed by atoms with E-state index < -0.39 is 11.7 Å². The van der Waals surface area contributed by atoms with E-state index >= 15 is 0 Å². The van der Waals surface area contributed by atoms with Crippen LogP contribution in [0.4, 0.5) is 10.5 Å². The van der Waals surface area contributed by atoms with Gasteiger partial charge in [-0.25, -0.2) is 4.79 Å². The fraction of sp³-hybridized carbons (Fsp3) is 0.550. The second kappa shape index (κ2) is 9.96. The Labute approximate surface area is 166 Å². The average Bonchev–Trinajstić information content (AvgIpc) is 2.61. The summed E-state index contributed by atoms with van der Waals surface area (Å²) in [5, 5.41) is 12.0. The number of fused-ring (bicyclic) bond motifs is 1. The van der Waals surface area contributed by atoms with Gasteiger partial charge in [0.25, 0.3) is 0 Å². The maximum absolute atomic E-state index is 11.9. The van der Waals surface area contributed by atoms with E-state index in [0.717, 1.165) is 11.3 Å². The van der Waals surface area contributed by atoms with Crippen molar-refractivity contribution in [1.82, 2.24) is 16.0 Å². The molecule has 0 spiro atoms. The van der Waals surface area contributed by atoms with Crippen LogP contribution in [-0.2, 0) is 9.53 Å². The zero-order valence-corrected chi connectivity index (χ0v) is 17.1. The lowest BCUT2D eigenvalue weighted by atomic mass is 9.91. The zero-order valence-electron chi connectivity index (χ0n) is 17.1. The molecule has 8 heteroatoms. The first-order chi connectivity index (χ1) is 13.3. The summed E-state index contributed by atoms with van der Waals surface area (Å²) in [6.07, 6.45) is -0.0267. The van der Waals surface area contributed by atoms with Crippen molar-refractivity contribution >= 4 is 23.6 Å². The number of aliphatic imine (C=N–C) groups is 1. The summed E-state index contributed by atoms with van der Waals surface area (Å²) in [4.78, 5) is 28.2. The molecule has 1 heterocycles. The van der Waals surface area contributed by atoms with Gasteiger partial charge in [0.15, 0.2) is 5.96 Å². The molecular weight excluding hydrogens is 358 g/mol. The number of benzene rings is 1.